The highest BCUT2D eigenvalue weighted by atomic mass is 79.9. The van der Waals surface area contributed by atoms with Gasteiger partial charge in [0, 0.05) is 87.1 Å². The van der Waals surface area contributed by atoms with Gasteiger partial charge in [0.15, 0.2) is 12.3 Å². The van der Waals surface area contributed by atoms with Gasteiger partial charge in [0.1, 0.15) is 5.92 Å². The van der Waals surface area contributed by atoms with E-state index in [1.54, 1.807) is 0 Å². The Morgan fingerprint density at radius 3 is 0.984 bits per heavy atom. The maximum Gasteiger partial charge on any atom is 0.290 e. The number of rotatable bonds is 48. The van der Waals surface area contributed by atoms with Gasteiger partial charge in [0.25, 0.3) is 28.8 Å². The van der Waals surface area contributed by atoms with E-state index in [0.29, 0.717) is 0 Å². The third kappa shape index (κ3) is 24.2. The molecule has 6 unspecified atom stereocenters. The SMILES string of the molecule is CCCCCCCCCCCCc1ccc(C2=C(Br)C3C4=[N+](C)C5NC(c6c(Br)c(Br)c(-c7ccc(CCCCCCCCCCCC)cc7)c(Br)c65)[N+](C)=C5NC(c6c(Br)c(-c7ccc(CCCCCCCCCCCC)cc7)c(Br)c(Br)c65)[N+](C)=c5[nH]c(c6c(Br)c(Br)c(-c7ccc(CCCCCCCCCCCC)cc7)c(Br)c56)=[N+](C)C(N4)C3C(Br)=C2Br)cc1. The summed E-state index contributed by atoms with van der Waals surface area (Å²) in [5.41, 5.74) is 20.9. The highest BCUT2D eigenvalue weighted by Crippen LogP contribution is 2.57. The molecule has 6 atom stereocenters. The Labute approximate surface area is 868 Å². The summed E-state index contributed by atoms with van der Waals surface area (Å²) in [6, 6.07) is 37.7. The molecular formula is C108H138Br12N8+4. The number of aromatic nitrogens is 1. The number of benzene rings is 7. The van der Waals surface area contributed by atoms with Gasteiger partial charge in [-0.3, -0.25) is 0 Å². The number of hydrogen-bond acceptors (Lipinski definition) is 3. The van der Waals surface area contributed by atoms with Crippen molar-refractivity contribution in [1.82, 2.24) is 30.1 Å². The second kappa shape index (κ2) is 50.9. The van der Waals surface area contributed by atoms with E-state index in [1.807, 2.05) is 0 Å². The first-order valence-corrected chi connectivity index (χ1v) is 58.6. The minimum Gasteiger partial charge on any atom is -0.247 e. The number of fused-ring (bicyclic) bond motifs is 20. The summed E-state index contributed by atoms with van der Waals surface area (Å²) in [5, 5.41) is 15.3. The summed E-state index contributed by atoms with van der Waals surface area (Å²) in [4.78, 5) is 4.31. The summed E-state index contributed by atoms with van der Waals surface area (Å²) in [6.07, 6.45) is 55.8. The molecule has 0 saturated carbocycles. The summed E-state index contributed by atoms with van der Waals surface area (Å²) in [6.45, 7) is 9.22. The van der Waals surface area contributed by atoms with Crippen LogP contribution in [-0.2, 0) is 25.7 Å². The zero-order valence-corrected chi connectivity index (χ0v) is 96.2. The molecule has 1 aliphatic carbocycles. The number of amidine groups is 2. The minimum atomic E-state index is -0.448. The van der Waals surface area contributed by atoms with Crippen molar-refractivity contribution in [3.8, 4) is 33.4 Å². The van der Waals surface area contributed by atoms with E-state index in [2.05, 4.69) is 383 Å². The van der Waals surface area contributed by atoms with Gasteiger partial charge < -0.3 is 0 Å². The molecular weight excluding hydrogens is 2370 g/mol. The topological polar surface area (TPSA) is 63.9 Å². The summed E-state index contributed by atoms with van der Waals surface area (Å²) < 4.78 is 22.1. The van der Waals surface area contributed by atoms with Crippen molar-refractivity contribution in [3.05, 3.63) is 212 Å². The first kappa shape index (κ1) is 103. The van der Waals surface area contributed by atoms with Crippen LogP contribution in [0, 0.1) is 11.8 Å². The lowest BCUT2D eigenvalue weighted by molar-refractivity contribution is -0.588. The fourth-order valence-corrected chi connectivity index (χ4v) is 30.3. The zero-order chi connectivity index (χ0) is 90.7. The molecule has 5 heterocycles. The first-order valence-electron chi connectivity index (χ1n) is 49.1. The van der Waals surface area contributed by atoms with Crippen LogP contribution in [0.4, 0.5) is 0 Å². The Kier molecular flexibility index (Phi) is 41.1. The lowest BCUT2D eigenvalue weighted by Gasteiger charge is -2.28. The van der Waals surface area contributed by atoms with Gasteiger partial charge in [0.05, 0.1) is 56.0 Å². The molecule has 690 valence electrons. The molecule has 0 amide bonds. The third-order valence-corrected chi connectivity index (χ3v) is 40.2. The number of allylic oxidation sites excluding steroid dienone is 2. The van der Waals surface area contributed by atoms with Crippen LogP contribution in [0.15, 0.2) is 151 Å². The lowest BCUT2D eigenvalue weighted by Crippen LogP contribution is -2.49. The number of hydrogen-bond donors (Lipinski definition) is 4. The molecule has 0 spiro atoms. The highest BCUT2D eigenvalue weighted by Gasteiger charge is 2.58. The molecule has 8 bridgehead atoms. The monoisotopic (exact) mass is 2490 g/mol. The van der Waals surface area contributed by atoms with Crippen molar-refractivity contribution < 1.29 is 9.15 Å². The molecule has 20 heteroatoms. The van der Waals surface area contributed by atoms with Crippen LogP contribution in [0.3, 0.4) is 0 Å². The highest BCUT2D eigenvalue weighted by molar-refractivity contribution is 9.15. The minimum absolute atomic E-state index is 0.160. The van der Waals surface area contributed by atoms with Gasteiger partial charge in [-0.15, -0.1) is 0 Å². The van der Waals surface area contributed by atoms with E-state index in [0.717, 1.165) is 180 Å². The molecule has 0 radical (unpaired) electrons. The molecule has 128 heavy (non-hydrogen) atoms. The van der Waals surface area contributed by atoms with Crippen LogP contribution in [0.25, 0.3) is 49.7 Å². The number of unbranched alkanes of at least 4 members (excludes halogenated alkanes) is 36. The number of nitrogens with zero attached hydrogens (tertiary/aromatic N) is 4. The van der Waals surface area contributed by atoms with Gasteiger partial charge in [-0.25, -0.2) is 39.2 Å². The Bertz CT molecular complexity index is 5400. The zero-order valence-electron chi connectivity index (χ0n) is 77.1. The molecule has 7 aromatic carbocycles. The van der Waals surface area contributed by atoms with Crippen molar-refractivity contribution >= 4 is 219 Å². The average molecular weight is 2510 g/mol. The van der Waals surface area contributed by atoms with Crippen LogP contribution >= 0.6 is 191 Å². The smallest absolute Gasteiger partial charge is 0.247 e. The molecule has 4 aliphatic heterocycles. The van der Waals surface area contributed by atoms with E-state index >= 15 is 0 Å². The van der Waals surface area contributed by atoms with Crippen LogP contribution < -0.4 is 36.1 Å². The Morgan fingerprint density at radius 2 is 0.586 bits per heavy atom. The second-order valence-electron chi connectivity index (χ2n) is 37.3. The molecule has 8 nitrogen and oxygen atoms in total. The summed E-state index contributed by atoms with van der Waals surface area (Å²) >= 11 is 53.5. The average Bonchev–Trinajstić information content (AvgIpc) is 1.54. The maximum absolute atomic E-state index is 4.57. The fraction of sp³-hybridized carbons (Fsp3) is 0.537. The largest absolute Gasteiger partial charge is 0.290 e. The van der Waals surface area contributed by atoms with Crippen molar-refractivity contribution in [3.63, 3.8) is 0 Å². The maximum atomic E-state index is 4.57. The lowest BCUT2D eigenvalue weighted by atomic mass is 9.83. The molecule has 8 aromatic rings. The summed E-state index contributed by atoms with van der Waals surface area (Å²) in [7, 11) is 9.12. The molecule has 1 aromatic heterocycles. The predicted molar refractivity (Wildman–Crippen MR) is 590 cm³/mol. The molecule has 1 fully saturated rings. The van der Waals surface area contributed by atoms with E-state index in [-0.39, 0.29) is 18.0 Å². The fourth-order valence-electron chi connectivity index (χ4n) is 20.6. The van der Waals surface area contributed by atoms with Gasteiger partial charge in [-0.05, 0) is 255 Å². The number of aryl methyl sites for hydroxylation is 4. The first-order chi connectivity index (χ1) is 62.2. The van der Waals surface area contributed by atoms with Crippen LogP contribution in [-0.4, -0.2) is 60.2 Å². The van der Waals surface area contributed by atoms with Crippen LogP contribution in [0.1, 0.15) is 353 Å². The quantitative estimate of drug-likeness (QED) is 0.0175. The van der Waals surface area contributed by atoms with Crippen molar-refractivity contribution in [2.45, 2.75) is 335 Å². The van der Waals surface area contributed by atoms with Crippen molar-refractivity contribution in [2.75, 3.05) is 28.2 Å². The van der Waals surface area contributed by atoms with Gasteiger partial charge in [0.2, 0.25) is 6.17 Å². The van der Waals surface area contributed by atoms with Gasteiger partial charge >= 0.3 is 0 Å². The summed E-state index contributed by atoms with van der Waals surface area (Å²) in [5.74, 6) is 1.68. The molecule has 13 rings (SSSR count). The normalized spacial score (nSPS) is 17.9. The number of halogens is 12. The van der Waals surface area contributed by atoms with E-state index < -0.39 is 18.5 Å². The molecule has 4 N–H and O–H groups in total. The number of nitrogens with one attached hydrogen (secondary N) is 4. The second-order valence-corrected chi connectivity index (χ2v) is 47.0. The van der Waals surface area contributed by atoms with E-state index in [9.17, 15) is 0 Å². The molecule has 5 aliphatic rings. The van der Waals surface area contributed by atoms with Crippen molar-refractivity contribution in [2.24, 2.45) is 11.8 Å². The van der Waals surface area contributed by atoms with Gasteiger partial charge in [-0.1, -0.05) is 388 Å². The van der Waals surface area contributed by atoms with Crippen LogP contribution in [0.2, 0.25) is 0 Å². The molecule has 1 saturated heterocycles. The van der Waals surface area contributed by atoms with E-state index in [1.165, 1.54) is 279 Å². The van der Waals surface area contributed by atoms with Gasteiger partial charge in [-0.2, -0.15) is 0 Å². The van der Waals surface area contributed by atoms with Crippen LogP contribution in [0.5, 0.6) is 0 Å². The third-order valence-electron chi connectivity index (χ3n) is 28.2. The predicted octanol–water partition coefficient (Wildman–Crippen LogP) is 35.2. The standard InChI is InChI=1S/C108H135Br12N8/c1-9-13-17-21-25-29-33-37-41-45-49-69-53-61-73(62-54-69)77-89(109)81-85(97(117)93(77)113)105-121-101(81)125(5)102-82-86(98(118)94(114)78(90(82)110)74-63-55-70(56-64-74)50-46-42-38-34-30-26-22-18-14-10-2)107(122-102)128(8)108-88-84(92(112)80(96(116)100(88)120)76-67-59-72(60-68-76)52-48-44-40-36-32-28-24-20-16-12-4)104(124-108)126(6)103-83-87(106(123-103)127(105)7)99(119)95(115)79(91(83)111)75-65-57-71(58-66-75)51-47-43-39-35-31-27-23-19-15-11-3/h53-68,81,85,102,104-105,107,122H,9-52H2,1-8H3/q+1/p+3. The Hall–Kier alpha value is -2.18. The number of H-pyrrole nitrogens is 1. The van der Waals surface area contributed by atoms with Crippen molar-refractivity contribution in [1.29, 1.82) is 0 Å². The Balaban J connectivity index is 0.964. The number of aromatic amines is 1. The Morgan fingerprint density at radius 1 is 0.273 bits per heavy atom. The van der Waals surface area contributed by atoms with E-state index in [4.69, 9.17) is 0 Å².